The van der Waals surface area contributed by atoms with E-state index in [4.69, 9.17) is 9.47 Å². The molecule has 7 nitrogen and oxygen atoms in total. The summed E-state index contributed by atoms with van der Waals surface area (Å²) < 4.78 is 10.9. The molecule has 0 aromatic carbocycles. The predicted octanol–water partition coefficient (Wildman–Crippen LogP) is 0.802. The zero-order valence-corrected chi connectivity index (χ0v) is 19.4. The molecule has 0 bridgehead atoms. The number of rotatable bonds is 6. The molecule has 27 heavy (non-hydrogen) atoms. The number of morpholine rings is 2. The van der Waals surface area contributed by atoms with Gasteiger partial charge in [0.15, 0.2) is 5.96 Å². The first-order valence-electron chi connectivity index (χ1n) is 10.3. The number of aliphatic imine (C=N–C) groups is 1. The number of likely N-dealkylation sites (tertiary alicyclic amines) is 1. The largest absolute Gasteiger partial charge is 0.379 e. The van der Waals surface area contributed by atoms with Gasteiger partial charge in [-0.2, -0.15) is 0 Å². The third kappa shape index (κ3) is 7.64. The van der Waals surface area contributed by atoms with Crippen LogP contribution in [0.3, 0.4) is 0 Å². The van der Waals surface area contributed by atoms with E-state index in [0.29, 0.717) is 5.92 Å². The highest BCUT2D eigenvalue weighted by Gasteiger charge is 2.27. The number of nitrogens with one attached hydrogen (secondary N) is 1. The summed E-state index contributed by atoms with van der Waals surface area (Å²) in [6.07, 6.45) is 1.27. The predicted molar refractivity (Wildman–Crippen MR) is 120 cm³/mol. The van der Waals surface area contributed by atoms with Crippen molar-refractivity contribution in [2.75, 3.05) is 92.4 Å². The van der Waals surface area contributed by atoms with Crippen molar-refractivity contribution < 1.29 is 9.47 Å². The summed E-state index contributed by atoms with van der Waals surface area (Å²) in [5.41, 5.74) is 0. The average Bonchev–Trinajstić information content (AvgIpc) is 3.12. The van der Waals surface area contributed by atoms with E-state index in [2.05, 4.69) is 31.9 Å². The van der Waals surface area contributed by atoms with Crippen LogP contribution in [0.5, 0.6) is 0 Å². The van der Waals surface area contributed by atoms with E-state index < -0.39 is 0 Å². The molecule has 3 aliphatic rings. The summed E-state index contributed by atoms with van der Waals surface area (Å²) in [5, 5.41) is 3.61. The molecule has 2 atom stereocenters. The summed E-state index contributed by atoms with van der Waals surface area (Å²) >= 11 is 0. The standard InChI is InChI=1S/C19H37N5O2.HI/c1-17(14-22-5-9-25-10-6-22)13-21-19(20-2)24-4-3-18(16-24)15-23-7-11-26-12-8-23;/h17-18H,3-16H2,1-2H3,(H,20,21);1H. The Labute approximate surface area is 181 Å². The van der Waals surface area contributed by atoms with Crippen LogP contribution in [0.2, 0.25) is 0 Å². The van der Waals surface area contributed by atoms with Crippen LogP contribution in [0.4, 0.5) is 0 Å². The molecule has 158 valence electrons. The maximum atomic E-state index is 5.46. The van der Waals surface area contributed by atoms with Crippen molar-refractivity contribution in [3.05, 3.63) is 0 Å². The monoisotopic (exact) mass is 495 g/mol. The van der Waals surface area contributed by atoms with Gasteiger partial charge < -0.3 is 19.7 Å². The molecule has 0 aromatic rings. The SMILES string of the molecule is CN=C(NCC(C)CN1CCOCC1)N1CCC(CN2CCOCC2)C1.I. The maximum Gasteiger partial charge on any atom is 0.193 e. The zero-order chi connectivity index (χ0) is 18.2. The molecule has 0 amide bonds. The molecule has 3 saturated heterocycles. The maximum absolute atomic E-state index is 5.46. The fourth-order valence-corrected chi connectivity index (χ4v) is 4.21. The van der Waals surface area contributed by atoms with E-state index in [1.807, 2.05) is 7.05 Å². The van der Waals surface area contributed by atoms with Gasteiger partial charge in [-0.15, -0.1) is 24.0 Å². The number of hydrogen-bond acceptors (Lipinski definition) is 5. The number of guanidine groups is 1. The smallest absolute Gasteiger partial charge is 0.193 e. The molecule has 2 unspecified atom stereocenters. The fourth-order valence-electron chi connectivity index (χ4n) is 4.21. The highest BCUT2D eigenvalue weighted by atomic mass is 127. The van der Waals surface area contributed by atoms with Crippen LogP contribution < -0.4 is 5.32 Å². The van der Waals surface area contributed by atoms with Crippen molar-refractivity contribution in [3.8, 4) is 0 Å². The average molecular weight is 495 g/mol. The van der Waals surface area contributed by atoms with Gasteiger partial charge in [0.2, 0.25) is 0 Å². The molecule has 0 saturated carbocycles. The number of ether oxygens (including phenoxy) is 2. The van der Waals surface area contributed by atoms with Crippen LogP contribution in [0.25, 0.3) is 0 Å². The van der Waals surface area contributed by atoms with Crippen LogP contribution in [-0.4, -0.2) is 113 Å². The molecule has 0 radical (unpaired) electrons. The van der Waals surface area contributed by atoms with Crippen molar-refractivity contribution in [2.45, 2.75) is 13.3 Å². The van der Waals surface area contributed by atoms with Crippen molar-refractivity contribution >= 4 is 29.9 Å². The van der Waals surface area contributed by atoms with E-state index in [1.54, 1.807) is 0 Å². The minimum atomic E-state index is 0. The Morgan fingerprint density at radius 1 is 1.04 bits per heavy atom. The van der Waals surface area contributed by atoms with Crippen LogP contribution in [0, 0.1) is 11.8 Å². The van der Waals surface area contributed by atoms with E-state index >= 15 is 0 Å². The molecule has 0 aliphatic carbocycles. The Morgan fingerprint density at radius 3 is 2.30 bits per heavy atom. The first kappa shape index (κ1) is 23.1. The van der Waals surface area contributed by atoms with Crippen molar-refractivity contribution in [1.82, 2.24) is 20.0 Å². The molecule has 0 spiro atoms. The highest BCUT2D eigenvalue weighted by molar-refractivity contribution is 14.0. The lowest BCUT2D eigenvalue weighted by Gasteiger charge is -2.30. The molecule has 3 rings (SSSR count). The molecule has 0 aromatic heterocycles. The van der Waals surface area contributed by atoms with Crippen LogP contribution in [0.1, 0.15) is 13.3 Å². The Morgan fingerprint density at radius 2 is 1.67 bits per heavy atom. The number of halogens is 1. The van der Waals surface area contributed by atoms with Crippen molar-refractivity contribution in [3.63, 3.8) is 0 Å². The Hall–Kier alpha value is -0.160. The molecule has 8 heteroatoms. The second-order valence-corrected chi connectivity index (χ2v) is 7.96. The summed E-state index contributed by atoms with van der Waals surface area (Å²) in [4.78, 5) is 12.0. The Kier molecular flexibility index (Phi) is 10.6. The van der Waals surface area contributed by atoms with Gasteiger partial charge >= 0.3 is 0 Å². The van der Waals surface area contributed by atoms with Crippen molar-refractivity contribution in [1.29, 1.82) is 0 Å². The summed E-state index contributed by atoms with van der Waals surface area (Å²) in [5.74, 6) is 2.43. The lowest BCUT2D eigenvalue weighted by molar-refractivity contribution is 0.0315. The van der Waals surface area contributed by atoms with Crippen molar-refractivity contribution in [2.24, 2.45) is 16.8 Å². The summed E-state index contributed by atoms with van der Waals surface area (Å²) in [6, 6.07) is 0. The van der Waals surface area contributed by atoms with E-state index in [9.17, 15) is 0 Å². The lowest BCUT2D eigenvalue weighted by Crippen LogP contribution is -2.45. The van der Waals surface area contributed by atoms with Crippen LogP contribution in [-0.2, 0) is 9.47 Å². The fraction of sp³-hybridized carbons (Fsp3) is 0.947. The first-order valence-corrected chi connectivity index (χ1v) is 10.3. The Balaban J connectivity index is 0.00000261. The van der Waals surface area contributed by atoms with E-state index in [1.165, 1.54) is 13.0 Å². The number of hydrogen-bond donors (Lipinski definition) is 1. The van der Waals surface area contributed by atoms with Crippen LogP contribution >= 0.6 is 24.0 Å². The van der Waals surface area contributed by atoms with Gasteiger partial charge in [0.25, 0.3) is 0 Å². The minimum Gasteiger partial charge on any atom is -0.379 e. The molecule has 3 fully saturated rings. The first-order chi connectivity index (χ1) is 12.7. The third-order valence-corrected chi connectivity index (χ3v) is 5.70. The quantitative estimate of drug-likeness (QED) is 0.335. The van der Waals surface area contributed by atoms with Gasteiger partial charge in [-0.1, -0.05) is 6.92 Å². The summed E-state index contributed by atoms with van der Waals surface area (Å²) in [6.45, 7) is 15.7. The molecule has 1 N–H and O–H groups in total. The Bertz CT molecular complexity index is 442. The van der Waals surface area contributed by atoms with E-state index in [0.717, 1.165) is 90.7 Å². The van der Waals surface area contributed by atoms with Gasteiger partial charge in [0.1, 0.15) is 0 Å². The molecule has 3 aliphatic heterocycles. The van der Waals surface area contributed by atoms with Gasteiger partial charge in [-0.25, -0.2) is 0 Å². The van der Waals surface area contributed by atoms with Crippen LogP contribution in [0.15, 0.2) is 4.99 Å². The minimum absolute atomic E-state index is 0. The molecule has 3 heterocycles. The third-order valence-electron chi connectivity index (χ3n) is 5.70. The second kappa shape index (κ2) is 12.4. The topological polar surface area (TPSA) is 52.6 Å². The van der Waals surface area contributed by atoms with E-state index in [-0.39, 0.29) is 24.0 Å². The second-order valence-electron chi connectivity index (χ2n) is 7.96. The highest BCUT2D eigenvalue weighted by Crippen LogP contribution is 2.18. The van der Waals surface area contributed by atoms with Gasteiger partial charge in [0.05, 0.1) is 26.4 Å². The molecular weight excluding hydrogens is 457 g/mol. The zero-order valence-electron chi connectivity index (χ0n) is 17.1. The van der Waals surface area contributed by atoms with Gasteiger partial charge in [-0.05, 0) is 18.3 Å². The van der Waals surface area contributed by atoms with Gasteiger partial charge in [-0.3, -0.25) is 14.8 Å². The number of nitrogens with zero attached hydrogens (tertiary/aromatic N) is 4. The van der Waals surface area contributed by atoms with Gasteiger partial charge in [0, 0.05) is 66.0 Å². The normalized spacial score (nSPS) is 26.7. The summed E-state index contributed by atoms with van der Waals surface area (Å²) in [7, 11) is 1.91. The molecular formula is C19H38IN5O2. The lowest BCUT2D eigenvalue weighted by atomic mass is 10.1.